The summed E-state index contributed by atoms with van der Waals surface area (Å²) in [5.74, 6) is -1.000. The molecule has 1 amide bonds. The zero-order valence-electron chi connectivity index (χ0n) is 17.3. The van der Waals surface area contributed by atoms with Crippen molar-refractivity contribution in [2.45, 2.75) is 49.6 Å². The summed E-state index contributed by atoms with van der Waals surface area (Å²) >= 11 is 0. The van der Waals surface area contributed by atoms with Crippen LogP contribution in [0.15, 0.2) is 23.1 Å². The number of ether oxygens (including phenoxy) is 3. The molecule has 1 N–H and O–H groups in total. The van der Waals surface area contributed by atoms with Gasteiger partial charge in [0.2, 0.25) is 10.0 Å². The van der Waals surface area contributed by atoms with Crippen LogP contribution in [-0.4, -0.2) is 70.2 Å². The van der Waals surface area contributed by atoms with Gasteiger partial charge in [-0.3, -0.25) is 4.79 Å². The molecule has 3 rings (SSSR count). The van der Waals surface area contributed by atoms with Crippen molar-refractivity contribution in [1.29, 1.82) is 0 Å². The van der Waals surface area contributed by atoms with Crippen molar-refractivity contribution in [1.82, 2.24) is 9.62 Å². The zero-order valence-corrected chi connectivity index (χ0v) is 18.1. The van der Waals surface area contributed by atoms with E-state index in [9.17, 15) is 18.0 Å². The first-order valence-corrected chi connectivity index (χ1v) is 11.5. The second kappa shape index (κ2) is 9.76. The molecule has 1 aromatic carbocycles. The largest absolute Gasteiger partial charge is 0.495 e. The second-order valence-electron chi connectivity index (χ2n) is 7.42. The summed E-state index contributed by atoms with van der Waals surface area (Å²) < 4.78 is 43.1. The third-order valence-electron chi connectivity index (χ3n) is 5.34. The number of morpholine rings is 1. The fraction of sp³-hybridized carbons (Fsp3) is 0.600. The first-order valence-electron chi connectivity index (χ1n) is 10.1. The van der Waals surface area contributed by atoms with E-state index in [-0.39, 0.29) is 41.2 Å². The molecule has 1 aliphatic heterocycles. The number of rotatable bonds is 7. The summed E-state index contributed by atoms with van der Waals surface area (Å²) in [6.45, 7) is 2.54. The van der Waals surface area contributed by atoms with Crippen LogP contribution in [0.5, 0.6) is 5.75 Å². The lowest BCUT2D eigenvalue weighted by atomic mass is 10.2. The van der Waals surface area contributed by atoms with Gasteiger partial charge >= 0.3 is 5.97 Å². The van der Waals surface area contributed by atoms with Gasteiger partial charge in [0, 0.05) is 19.1 Å². The lowest BCUT2D eigenvalue weighted by Crippen LogP contribution is -2.41. The molecular formula is C20H28N2O7S. The molecule has 9 nitrogen and oxygen atoms in total. The Hall–Kier alpha value is -2.17. The minimum absolute atomic E-state index is 0.0307. The Labute approximate surface area is 176 Å². The van der Waals surface area contributed by atoms with E-state index >= 15 is 0 Å². The quantitative estimate of drug-likeness (QED) is 0.637. The maximum Gasteiger partial charge on any atom is 0.338 e. The Bertz CT molecular complexity index is 875. The number of nitrogens with zero attached hydrogens (tertiary/aromatic N) is 1. The molecule has 1 aromatic rings. The van der Waals surface area contributed by atoms with E-state index in [1.165, 1.54) is 36.5 Å². The lowest BCUT2D eigenvalue weighted by Gasteiger charge is -2.26. The van der Waals surface area contributed by atoms with Crippen molar-refractivity contribution in [2.75, 3.05) is 33.4 Å². The molecule has 1 aliphatic carbocycles. The van der Waals surface area contributed by atoms with Gasteiger partial charge in [-0.05, 0) is 38.0 Å². The highest BCUT2D eigenvalue weighted by molar-refractivity contribution is 7.89. The maximum atomic E-state index is 13.0. The smallest absolute Gasteiger partial charge is 0.338 e. The van der Waals surface area contributed by atoms with Gasteiger partial charge in [0.25, 0.3) is 5.91 Å². The molecule has 1 atom stereocenters. The van der Waals surface area contributed by atoms with E-state index in [1.807, 2.05) is 0 Å². The summed E-state index contributed by atoms with van der Waals surface area (Å²) in [6.07, 6.45) is 3.01. The summed E-state index contributed by atoms with van der Waals surface area (Å²) in [4.78, 5) is 24.7. The first kappa shape index (κ1) is 22.5. The van der Waals surface area contributed by atoms with Crippen molar-refractivity contribution >= 4 is 21.9 Å². The Balaban J connectivity index is 1.74. The minimum Gasteiger partial charge on any atom is -0.495 e. The van der Waals surface area contributed by atoms with Crippen LogP contribution in [0.1, 0.15) is 43.0 Å². The van der Waals surface area contributed by atoms with Gasteiger partial charge in [0.15, 0.2) is 6.10 Å². The number of hydrogen-bond donors (Lipinski definition) is 1. The number of nitrogens with one attached hydrogen (secondary N) is 1. The molecule has 1 saturated heterocycles. The molecule has 166 valence electrons. The number of sulfonamides is 1. The van der Waals surface area contributed by atoms with Crippen LogP contribution in [0.2, 0.25) is 0 Å². The number of amides is 1. The van der Waals surface area contributed by atoms with Crippen LogP contribution in [0.4, 0.5) is 0 Å². The lowest BCUT2D eigenvalue weighted by molar-refractivity contribution is -0.129. The van der Waals surface area contributed by atoms with Crippen molar-refractivity contribution < 1.29 is 32.2 Å². The molecule has 1 heterocycles. The average Bonchev–Trinajstić information content (AvgIpc) is 3.26. The maximum absolute atomic E-state index is 13.0. The van der Waals surface area contributed by atoms with Crippen LogP contribution >= 0.6 is 0 Å². The normalized spacial score (nSPS) is 19.3. The molecule has 2 fully saturated rings. The Morgan fingerprint density at radius 1 is 1.20 bits per heavy atom. The SMILES string of the molecule is COc1ccc(C(=O)OC(C)C(=O)NC2CCCC2)cc1S(=O)(=O)N1CCOCC1. The van der Waals surface area contributed by atoms with Crippen LogP contribution in [0.3, 0.4) is 0 Å². The van der Waals surface area contributed by atoms with E-state index < -0.39 is 22.1 Å². The number of esters is 1. The number of carbonyl (C=O) groups excluding carboxylic acids is 2. The predicted octanol–water partition coefficient (Wildman–Crippen LogP) is 1.32. The summed E-state index contributed by atoms with van der Waals surface area (Å²) in [5, 5.41) is 2.88. The molecule has 0 radical (unpaired) electrons. The van der Waals surface area contributed by atoms with Gasteiger partial charge < -0.3 is 19.5 Å². The van der Waals surface area contributed by atoms with E-state index in [4.69, 9.17) is 14.2 Å². The van der Waals surface area contributed by atoms with Gasteiger partial charge in [-0.1, -0.05) is 12.8 Å². The van der Waals surface area contributed by atoms with Crippen molar-refractivity contribution in [3.63, 3.8) is 0 Å². The molecule has 10 heteroatoms. The van der Waals surface area contributed by atoms with Crippen LogP contribution in [0, 0.1) is 0 Å². The molecule has 30 heavy (non-hydrogen) atoms. The molecule has 2 aliphatic rings. The van der Waals surface area contributed by atoms with E-state index in [0.29, 0.717) is 13.2 Å². The van der Waals surface area contributed by atoms with Crippen LogP contribution in [-0.2, 0) is 24.3 Å². The van der Waals surface area contributed by atoms with Crippen LogP contribution < -0.4 is 10.1 Å². The highest BCUT2D eigenvalue weighted by Crippen LogP contribution is 2.29. The zero-order chi connectivity index (χ0) is 21.7. The molecule has 1 unspecified atom stereocenters. The second-order valence-corrected chi connectivity index (χ2v) is 9.33. The number of hydrogen-bond acceptors (Lipinski definition) is 7. The highest BCUT2D eigenvalue weighted by Gasteiger charge is 2.31. The van der Waals surface area contributed by atoms with Crippen molar-refractivity contribution in [3.8, 4) is 5.75 Å². The Morgan fingerprint density at radius 2 is 1.87 bits per heavy atom. The number of benzene rings is 1. The Kier molecular flexibility index (Phi) is 7.32. The average molecular weight is 441 g/mol. The third kappa shape index (κ3) is 5.11. The van der Waals surface area contributed by atoms with Crippen molar-refractivity contribution in [3.05, 3.63) is 23.8 Å². The first-order chi connectivity index (χ1) is 14.3. The van der Waals surface area contributed by atoms with Gasteiger partial charge in [-0.25, -0.2) is 13.2 Å². The molecule has 0 aromatic heterocycles. The van der Waals surface area contributed by atoms with E-state index in [0.717, 1.165) is 25.7 Å². The van der Waals surface area contributed by atoms with Crippen molar-refractivity contribution in [2.24, 2.45) is 0 Å². The van der Waals surface area contributed by atoms with E-state index in [2.05, 4.69) is 5.32 Å². The van der Waals surface area contributed by atoms with Gasteiger partial charge in [-0.15, -0.1) is 0 Å². The monoisotopic (exact) mass is 440 g/mol. The number of methoxy groups -OCH3 is 1. The summed E-state index contributed by atoms with van der Waals surface area (Å²) in [7, 11) is -2.52. The third-order valence-corrected chi connectivity index (χ3v) is 7.26. The molecule has 0 spiro atoms. The fourth-order valence-electron chi connectivity index (χ4n) is 3.60. The standard InChI is InChI=1S/C20H28N2O7S/c1-14(19(23)21-16-5-3-4-6-16)29-20(24)15-7-8-17(27-2)18(13-15)30(25,26)22-9-11-28-12-10-22/h7-8,13-14,16H,3-6,9-12H2,1-2H3,(H,21,23). The number of carbonyl (C=O) groups is 2. The topological polar surface area (TPSA) is 111 Å². The molecule has 1 saturated carbocycles. The molecular weight excluding hydrogens is 412 g/mol. The van der Waals surface area contributed by atoms with Gasteiger partial charge in [-0.2, -0.15) is 4.31 Å². The summed E-state index contributed by atoms with van der Waals surface area (Å²) in [5.41, 5.74) is 0.0307. The summed E-state index contributed by atoms with van der Waals surface area (Å²) in [6, 6.07) is 4.17. The Morgan fingerprint density at radius 3 is 2.50 bits per heavy atom. The van der Waals surface area contributed by atoms with Gasteiger partial charge in [0.1, 0.15) is 10.6 Å². The molecule has 0 bridgehead atoms. The predicted molar refractivity (Wildman–Crippen MR) is 108 cm³/mol. The van der Waals surface area contributed by atoms with Gasteiger partial charge in [0.05, 0.1) is 25.9 Å². The fourth-order valence-corrected chi connectivity index (χ4v) is 5.19. The van der Waals surface area contributed by atoms with Crippen LogP contribution in [0.25, 0.3) is 0 Å². The van der Waals surface area contributed by atoms with E-state index in [1.54, 1.807) is 0 Å². The minimum atomic E-state index is -3.88. The highest BCUT2D eigenvalue weighted by atomic mass is 32.2.